The first-order chi connectivity index (χ1) is 33.2. The minimum atomic E-state index is -4.58. The van der Waals surface area contributed by atoms with Crippen molar-refractivity contribution >= 4 is 115 Å². The number of aryl methyl sites for hydroxylation is 2. The van der Waals surface area contributed by atoms with Gasteiger partial charge >= 0.3 is 0 Å². The molecule has 0 spiro atoms. The Hall–Kier alpha value is -6.70. The van der Waals surface area contributed by atoms with E-state index in [1.54, 1.807) is 44.2 Å². The van der Waals surface area contributed by atoms with Gasteiger partial charge in [-0.05, 0) is 89.1 Å². The van der Waals surface area contributed by atoms with Crippen LogP contribution in [0.4, 0.5) is 62.2 Å². The first-order valence-corrected chi connectivity index (χ1v) is 25.1. The highest BCUT2D eigenvalue weighted by Gasteiger charge is 2.22. The van der Waals surface area contributed by atoms with Crippen LogP contribution in [0.3, 0.4) is 0 Å². The molecule has 364 valence electrons. The number of azo groups is 2. The summed E-state index contributed by atoms with van der Waals surface area (Å²) in [6, 6.07) is 16.3. The van der Waals surface area contributed by atoms with Crippen molar-refractivity contribution in [2.45, 2.75) is 46.4 Å². The summed E-state index contributed by atoms with van der Waals surface area (Å²) < 4.78 is 47.7. The van der Waals surface area contributed by atoms with Crippen molar-refractivity contribution in [2.75, 3.05) is 92.0 Å². The lowest BCUT2D eigenvalue weighted by molar-refractivity contribution is 0.280. The van der Waals surface area contributed by atoms with Crippen LogP contribution in [0.2, 0.25) is 0 Å². The van der Waals surface area contributed by atoms with Gasteiger partial charge in [-0.2, -0.15) is 23.4 Å². The van der Waals surface area contributed by atoms with Crippen molar-refractivity contribution in [1.29, 1.82) is 0 Å². The third kappa shape index (κ3) is 11.6. The Balaban J connectivity index is 1.36. The van der Waals surface area contributed by atoms with Gasteiger partial charge in [0, 0.05) is 51.4 Å². The largest absolute Gasteiger partial charge is 0.494 e. The molecule has 0 aliphatic heterocycles. The van der Waals surface area contributed by atoms with Crippen molar-refractivity contribution in [2.24, 2.45) is 20.5 Å². The number of fused-ring (bicyclic) bond motifs is 2. The number of rotatable bonds is 22. The molecule has 0 amide bonds. The van der Waals surface area contributed by atoms with Gasteiger partial charge < -0.3 is 45.0 Å². The van der Waals surface area contributed by atoms with Crippen LogP contribution in [0.1, 0.15) is 38.8 Å². The van der Waals surface area contributed by atoms with E-state index in [2.05, 4.69) is 56.9 Å². The minimum Gasteiger partial charge on any atom is -0.494 e. The first-order valence-electron chi connectivity index (χ1n) is 22.0. The van der Waals surface area contributed by atoms with Crippen molar-refractivity contribution in [3.8, 4) is 11.5 Å². The monoisotopic (exact) mass is 998 g/mol. The van der Waals surface area contributed by atoms with E-state index in [0.29, 0.717) is 70.1 Å². The number of benzene rings is 4. The lowest BCUT2D eigenvalue weighted by Crippen LogP contribution is -2.31. The van der Waals surface area contributed by atoms with E-state index in [4.69, 9.17) is 24.4 Å². The smallest absolute Gasteiger partial charge is 0.296 e. The molecule has 24 heteroatoms. The van der Waals surface area contributed by atoms with Crippen LogP contribution >= 0.6 is 22.7 Å². The number of hydrogen-bond donors (Lipinski definition) is 5. The van der Waals surface area contributed by atoms with E-state index in [9.17, 15) is 23.2 Å². The Labute approximate surface area is 407 Å². The summed E-state index contributed by atoms with van der Waals surface area (Å²) in [4.78, 5) is 29.0. The van der Waals surface area contributed by atoms with E-state index in [1.807, 2.05) is 58.9 Å². The summed E-state index contributed by atoms with van der Waals surface area (Å²) >= 11 is 2.52. The zero-order chi connectivity index (χ0) is 49.4. The fraction of sp³-hybridized carbons (Fsp3) is 0.356. The molecule has 0 atom stereocenters. The number of aromatic nitrogens is 5. The molecule has 3 heterocycles. The third-order valence-electron chi connectivity index (χ3n) is 10.8. The zero-order valence-electron chi connectivity index (χ0n) is 39.4. The summed E-state index contributed by atoms with van der Waals surface area (Å²) in [7, 11) is -1.44. The number of anilines is 7. The van der Waals surface area contributed by atoms with Gasteiger partial charge in [0.25, 0.3) is 10.1 Å². The van der Waals surface area contributed by atoms with Crippen molar-refractivity contribution in [3.63, 3.8) is 0 Å². The van der Waals surface area contributed by atoms with E-state index in [0.717, 1.165) is 38.5 Å². The van der Waals surface area contributed by atoms with Crippen LogP contribution in [0.25, 0.3) is 20.4 Å². The summed E-state index contributed by atoms with van der Waals surface area (Å²) in [6.45, 7) is 14.2. The van der Waals surface area contributed by atoms with E-state index in [1.165, 1.54) is 17.4 Å². The van der Waals surface area contributed by atoms with E-state index >= 15 is 0 Å². The number of aliphatic hydroxyl groups excluding tert-OH is 2. The SMILES string of the molecule is CCN(CC)c1cc(Nc2nc(Nc3cc(N(CC)CC)c(OC)cc3/N=N/c3nc4c(S(=O)(=O)O)cc(C)cc4s3)nc(N(CCO)CCO)n2)c(/N=N/c2nc3ccc(C)cc3s2)cc1OC. The second kappa shape index (κ2) is 22.2. The molecule has 69 heavy (non-hydrogen) atoms. The number of nitrogens with one attached hydrogen (secondary N) is 2. The van der Waals surface area contributed by atoms with Crippen LogP contribution in [0.5, 0.6) is 11.5 Å². The van der Waals surface area contributed by atoms with Crippen LogP contribution in [0.15, 0.2) is 79.9 Å². The fourth-order valence-electron chi connectivity index (χ4n) is 7.46. The van der Waals surface area contributed by atoms with Crippen molar-refractivity contribution < 1.29 is 32.7 Å². The lowest BCUT2D eigenvalue weighted by atomic mass is 10.2. The van der Waals surface area contributed by atoms with Gasteiger partial charge in [-0.15, -0.1) is 20.5 Å². The molecule has 0 aliphatic rings. The van der Waals surface area contributed by atoms with Gasteiger partial charge in [-0.3, -0.25) is 4.55 Å². The average molecular weight is 999 g/mol. The van der Waals surface area contributed by atoms with E-state index in [-0.39, 0.29) is 65.4 Å². The predicted octanol–water partition coefficient (Wildman–Crippen LogP) is 9.77. The molecule has 21 nitrogen and oxygen atoms in total. The Kier molecular flexibility index (Phi) is 16.1. The standard InChI is InChI=1S/C45H54N14O7S3/c1-9-57(10-2)33-22-29(31(24-35(33)65-7)53-55-44-48-28-14-13-26(5)19-37(28)67-44)46-41-50-42(52-43(51-41)59(15-17-60)16-18-61)47-30-23-34(58(11-3)12-4)36(66-8)25-32(30)54-56-45-49-40-38(68-45)20-27(6)21-39(40)69(62,63)64/h13-14,19-25,60-61H,9-12,15-18H2,1-8H3,(H,62,63,64)(H2,46,47,50,51,52)/b55-53+,56-54+. The van der Waals surface area contributed by atoms with Gasteiger partial charge in [0.05, 0.1) is 65.1 Å². The third-order valence-corrected chi connectivity index (χ3v) is 13.5. The molecule has 7 rings (SSSR count). The van der Waals surface area contributed by atoms with Crippen molar-refractivity contribution in [3.05, 3.63) is 65.7 Å². The number of aliphatic hydroxyl groups is 2. The maximum atomic E-state index is 12.3. The topological polar surface area (TPSA) is 261 Å². The minimum absolute atomic E-state index is 0.0502. The Bertz CT molecular complexity index is 3110. The first kappa shape index (κ1) is 50.2. The number of ether oxygens (including phenoxy) is 2. The maximum absolute atomic E-state index is 12.3. The second-order valence-electron chi connectivity index (χ2n) is 15.3. The Morgan fingerprint density at radius 3 is 1.62 bits per heavy atom. The molecule has 0 unspecified atom stereocenters. The van der Waals surface area contributed by atoms with Crippen LogP contribution in [0, 0.1) is 13.8 Å². The molecule has 0 saturated carbocycles. The average Bonchev–Trinajstić information content (AvgIpc) is 3.94. The molecule has 0 bridgehead atoms. The second-order valence-corrected chi connectivity index (χ2v) is 18.8. The number of thiazole rings is 2. The molecule has 7 aromatic rings. The highest BCUT2D eigenvalue weighted by Crippen LogP contribution is 2.43. The molecule has 4 aromatic carbocycles. The van der Waals surface area contributed by atoms with E-state index < -0.39 is 10.1 Å². The van der Waals surface area contributed by atoms with Gasteiger partial charge in [-0.25, -0.2) is 9.97 Å². The van der Waals surface area contributed by atoms with Gasteiger partial charge in [0.1, 0.15) is 33.3 Å². The molecular weight excluding hydrogens is 945 g/mol. The summed E-state index contributed by atoms with van der Waals surface area (Å²) in [6.07, 6.45) is 0. The maximum Gasteiger partial charge on any atom is 0.296 e. The van der Waals surface area contributed by atoms with Crippen molar-refractivity contribution in [1.82, 2.24) is 24.9 Å². The van der Waals surface area contributed by atoms with Gasteiger partial charge in [0.2, 0.25) is 28.1 Å². The molecule has 5 N–H and O–H groups in total. The number of hydrogen-bond acceptors (Lipinski definition) is 22. The lowest BCUT2D eigenvalue weighted by Gasteiger charge is -2.25. The highest BCUT2D eigenvalue weighted by atomic mass is 32.2. The molecule has 0 saturated heterocycles. The highest BCUT2D eigenvalue weighted by molar-refractivity contribution is 7.86. The molecule has 0 radical (unpaired) electrons. The fourth-order valence-corrected chi connectivity index (χ4v) is 10.1. The molecular formula is C45H54N14O7S3. The summed E-state index contributed by atoms with van der Waals surface area (Å²) in [5, 5.41) is 45.7. The molecule has 0 fully saturated rings. The predicted molar refractivity (Wildman–Crippen MR) is 273 cm³/mol. The molecule has 0 aliphatic carbocycles. The molecule has 3 aromatic heterocycles. The number of nitrogens with zero attached hydrogens (tertiary/aromatic N) is 12. The van der Waals surface area contributed by atoms with Crippen LogP contribution in [-0.2, 0) is 10.1 Å². The summed E-state index contributed by atoms with van der Waals surface area (Å²) in [5.41, 5.74) is 5.66. The Morgan fingerprint density at radius 1 is 0.623 bits per heavy atom. The summed E-state index contributed by atoms with van der Waals surface area (Å²) in [5.74, 6) is 1.32. The Morgan fingerprint density at radius 2 is 1.13 bits per heavy atom. The quantitative estimate of drug-likeness (QED) is 0.0312. The van der Waals surface area contributed by atoms with Crippen LogP contribution in [-0.4, -0.2) is 115 Å². The van der Waals surface area contributed by atoms with Crippen LogP contribution < -0.4 is 34.8 Å². The normalized spacial score (nSPS) is 11.9. The number of methoxy groups -OCH3 is 2. The zero-order valence-corrected chi connectivity index (χ0v) is 41.9. The van der Waals surface area contributed by atoms with Gasteiger partial charge in [-0.1, -0.05) is 28.7 Å². The van der Waals surface area contributed by atoms with Gasteiger partial charge in [0.15, 0.2) is 0 Å².